The van der Waals surface area contributed by atoms with Crippen LogP contribution in [0.5, 0.6) is 0 Å². The van der Waals surface area contributed by atoms with E-state index in [4.69, 9.17) is 14.9 Å². The SMILES string of the molecule is C[C@H]1[C@H](O)[C@H](O)[C@@H](CO)O[C@H]1O. The Morgan fingerprint density at radius 3 is 2.25 bits per heavy atom. The molecule has 0 radical (unpaired) electrons. The normalized spacial score (nSPS) is 49.2. The second-order valence-corrected chi connectivity index (χ2v) is 3.09. The molecule has 1 aliphatic heterocycles. The molecule has 5 atom stereocenters. The summed E-state index contributed by atoms with van der Waals surface area (Å²) in [6.45, 7) is 1.15. The Hall–Kier alpha value is -0.200. The highest BCUT2D eigenvalue weighted by Crippen LogP contribution is 2.23. The Morgan fingerprint density at radius 2 is 1.75 bits per heavy atom. The van der Waals surface area contributed by atoms with Gasteiger partial charge in [0.1, 0.15) is 12.2 Å². The third-order valence-electron chi connectivity index (χ3n) is 2.21. The Balaban J connectivity index is 2.63. The van der Waals surface area contributed by atoms with Crippen LogP contribution in [0, 0.1) is 5.92 Å². The van der Waals surface area contributed by atoms with Crippen molar-refractivity contribution in [2.75, 3.05) is 6.61 Å². The van der Waals surface area contributed by atoms with E-state index in [0.29, 0.717) is 0 Å². The molecule has 0 bridgehead atoms. The largest absolute Gasteiger partial charge is 0.394 e. The van der Waals surface area contributed by atoms with E-state index in [1.165, 1.54) is 0 Å². The van der Waals surface area contributed by atoms with Crippen molar-refractivity contribution < 1.29 is 25.2 Å². The first kappa shape index (κ1) is 9.88. The first-order chi connectivity index (χ1) is 5.57. The number of aliphatic hydroxyl groups is 4. The lowest BCUT2D eigenvalue weighted by Gasteiger charge is -2.38. The maximum Gasteiger partial charge on any atom is 0.160 e. The molecule has 12 heavy (non-hydrogen) atoms. The molecule has 1 rings (SSSR count). The molecule has 0 aromatic heterocycles. The molecule has 72 valence electrons. The average molecular weight is 178 g/mol. The molecule has 0 saturated carbocycles. The maximum atomic E-state index is 9.32. The summed E-state index contributed by atoms with van der Waals surface area (Å²) >= 11 is 0. The lowest BCUT2D eigenvalue weighted by Crippen LogP contribution is -2.54. The highest BCUT2D eigenvalue weighted by molar-refractivity contribution is 4.86. The van der Waals surface area contributed by atoms with Crippen LogP contribution in [0.15, 0.2) is 0 Å². The van der Waals surface area contributed by atoms with E-state index >= 15 is 0 Å². The van der Waals surface area contributed by atoms with Gasteiger partial charge >= 0.3 is 0 Å². The van der Waals surface area contributed by atoms with E-state index in [0.717, 1.165) is 0 Å². The summed E-state index contributed by atoms with van der Waals surface area (Å²) in [5.74, 6) is -0.539. The summed E-state index contributed by atoms with van der Waals surface area (Å²) < 4.78 is 4.83. The van der Waals surface area contributed by atoms with E-state index < -0.39 is 37.1 Å². The summed E-state index contributed by atoms with van der Waals surface area (Å²) in [6, 6.07) is 0. The van der Waals surface area contributed by atoms with Gasteiger partial charge in [-0.15, -0.1) is 0 Å². The molecule has 4 N–H and O–H groups in total. The van der Waals surface area contributed by atoms with Crippen molar-refractivity contribution in [1.82, 2.24) is 0 Å². The van der Waals surface area contributed by atoms with Gasteiger partial charge in [-0.3, -0.25) is 0 Å². The van der Waals surface area contributed by atoms with E-state index in [2.05, 4.69) is 0 Å². The molecule has 1 fully saturated rings. The minimum absolute atomic E-state index is 0.415. The van der Waals surface area contributed by atoms with Crippen LogP contribution >= 0.6 is 0 Å². The van der Waals surface area contributed by atoms with Gasteiger partial charge in [0, 0.05) is 5.92 Å². The van der Waals surface area contributed by atoms with Crippen molar-refractivity contribution in [1.29, 1.82) is 0 Å². The summed E-state index contributed by atoms with van der Waals surface area (Å²) in [7, 11) is 0. The fourth-order valence-corrected chi connectivity index (χ4v) is 1.23. The summed E-state index contributed by atoms with van der Waals surface area (Å²) in [4.78, 5) is 0. The van der Waals surface area contributed by atoms with Crippen molar-refractivity contribution in [2.45, 2.75) is 31.5 Å². The third kappa shape index (κ3) is 1.60. The number of hydrogen-bond acceptors (Lipinski definition) is 5. The fourth-order valence-electron chi connectivity index (χ4n) is 1.23. The van der Waals surface area contributed by atoms with Crippen molar-refractivity contribution in [3.05, 3.63) is 0 Å². The summed E-state index contributed by atoms with van der Waals surface area (Å²) in [6.07, 6.45) is -4.20. The second-order valence-electron chi connectivity index (χ2n) is 3.09. The predicted octanol–water partition coefficient (Wildman–Crippen LogP) is -1.95. The van der Waals surface area contributed by atoms with E-state index in [1.54, 1.807) is 6.92 Å². The lowest BCUT2D eigenvalue weighted by atomic mass is 9.93. The minimum atomic E-state index is -1.13. The molecule has 0 aliphatic carbocycles. The summed E-state index contributed by atoms with van der Waals surface area (Å²) in [5, 5.41) is 36.4. The number of hydrogen-bond donors (Lipinski definition) is 4. The topological polar surface area (TPSA) is 90.2 Å². The molecule has 0 amide bonds. The highest BCUT2D eigenvalue weighted by Gasteiger charge is 2.40. The molecule has 5 heteroatoms. The summed E-state index contributed by atoms with van der Waals surface area (Å²) in [5.41, 5.74) is 0. The predicted molar refractivity (Wildman–Crippen MR) is 39.1 cm³/mol. The van der Waals surface area contributed by atoms with Crippen molar-refractivity contribution in [2.24, 2.45) is 5.92 Å². The molecule has 5 nitrogen and oxygen atoms in total. The monoisotopic (exact) mass is 178 g/mol. The Kier molecular flexibility index (Phi) is 3.03. The van der Waals surface area contributed by atoms with Crippen molar-refractivity contribution in [3.8, 4) is 0 Å². The molecule has 0 spiro atoms. The van der Waals surface area contributed by atoms with Gasteiger partial charge in [0.05, 0.1) is 12.7 Å². The Labute approximate surface area is 70.2 Å². The zero-order chi connectivity index (χ0) is 9.30. The van der Waals surface area contributed by atoms with Crippen LogP contribution in [0.25, 0.3) is 0 Å². The smallest absolute Gasteiger partial charge is 0.160 e. The van der Waals surface area contributed by atoms with Crippen LogP contribution in [0.3, 0.4) is 0 Å². The molecular weight excluding hydrogens is 164 g/mol. The van der Waals surface area contributed by atoms with Gasteiger partial charge in [-0.05, 0) is 0 Å². The standard InChI is InChI=1S/C7H14O5/c1-3-5(9)6(10)4(2-8)12-7(3)11/h3-11H,2H2,1H3/t3-,4+,5-,6+,7+/m0/s1. The van der Waals surface area contributed by atoms with Gasteiger partial charge in [0.25, 0.3) is 0 Å². The quantitative estimate of drug-likeness (QED) is 0.375. The van der Waals surface area contributed by atoms with Gasteiger partial charge in [0.2, 0.25) is 0 Å². The average Bonchev–Trinajstić information content (AvgIpc) is 2.08. The van der Waals surface area contributed by atoms with Gasteiger partial charge in [-0.2, -0.15) is 0 Å². The first-order valence-electron chi connectivity index (χ1n) is 3.88. The zero-order valence-corrected chi connectivity index (χ0v) is 6.79. The Morgan fingerprint density at radius 1 is 1.17 bits per heavy atom. The highest BCUT2D eigenvalue weighted by atomic mass is 16.6. The number of ether oxygens (including phenoxy) is 1. The van der Waals surface area contributed by atoms with Gasteiger partial charge < -0.3 is 25.2 Å². The molecule has 0 aromatic rings. The molecule has 0 unspecified atom stereocenters. The Bertz CT molecular complexity index is 146. The number of rotatable bonds is 1. The molecule has 1 aliphatic rings. The number of aliphatic hydroxyl groups excluding tert-OH is 4. The molecule has 0 aromatic carbocycles. The van der Waals surface area contributed by atoms with E-state index in [9.17, 15) is 10.2 Å². The van der Waals surface area contributed by atoms with Crippen molar-refractivity contribution in [3.63, 3.8) is 0 Å². The van der Waals surface area contributed by atoms with E-state index in [1.807, 2.05) is 0 Å². The second kappa shape index (κ2) is 3.68. The van der Waals surface area contributed by atoms with Crippen LogP contribution < -0.4 is 0 Å². The first-order valence-corrected chi connectivity index (χ1v) is 3.88. The van der Waals surface area contributed by atoms with Crippen LogP contribution in [-0.4, -0.2) is 51.6 Å². The van der Waals surface area contributed by atoms with Gasteiger partial charge in [-0.1, -0.05) is 6.92 Å². The molecule has 1 heterocycles. The van der Waals surface area contributed by atoms with Crippen molar-refractivity contribution >= 4 is 0 Å². The lowest BCUT2D eigenvalue weighted by molar-refractivity contribution is -0.266. The maximum absolute atomic E-state index is 9.32. The van der Waals surface area contributed by atoms with Gasteiger partial charge in [0.15, 0.2) is 6.29 Å². The van der Waals surface area contributed by atoms with Crippen LogP contribution in [0.2, 0.25) is 0 Å². The van der Waals surface area contributed by atoms with E-state index in [-0.39, 0.29) is 0 Å². The minimum Gasteiger partial charge on any atom is -0.394 e. The molecule has 1 saturated heterocycles. The fraction of sp³-hybridized carbons (Fsp3) is 1.00. The van der Waals surface area contributed by atoms with Crippen LogP contribution in [-0.2, 0) is 4.74 Å². The molecular formula is C7H14O5. The van der Waals surface area contributed by atoms with Crippen LogP contribution in [0.4, 0.5) is 0 Å². The van der Waals surface area contributed by atoms with Crippen LogP contribution in [0.1, 0.15) is 6.92 Å². The van der Waals surface area contributed by atoms with Gasteiger partial charge in [-0.25, -0.2) is 0 Å². The zero-order valence-electron chi connectivity index (χ0n) is 6.79. The third-order valence-corrected chi connectivity index (χ3v) is 2.21.